The van der Waals surface area contributed by atoms with Gasteiger partial charge in [0.05, 0.1) is 55.5 Å². The Hall–Kier alpha value is -13.4. The summed E-state index contributed by atoms with van der Waals surface area (Å²) >= 11 is 0. The van der Waals surface area contributed by atoms with Gasteiger partial charge in [-0.3, -0.25) is 9.97 Å². The molecule has 23 rings (SSSR count). The predicted molar refractivity (Wildman–Crippen MR) is 417 cm³/mol. The molecule has 0 aliphatic heterocycles. The molecule has 0 bridgehead atoms. The second-order valence-electron chi connectivity index (χ2n) is 27.2. The summed E-state index contributed by atoms with van der Waals surface area (Å²) in [6, 6.07) is 117. The monoisotopic (exact) mass is 1270 g/mol. The average Bonchev–Trinajstić information content (AvgIpc) is 1.38. The molecule has 6 heteroatoms. The smallest absolute Gasteiger partial charge is 0.0799 e. The van der Waals surface area contributed by atoms with Gasteiger partial charge in [0.15, 0.2) is 0 Å². The van der Waals surface area contributed by atoms with E-state index in [0.29, 0.717) is 0 Å². The molecule has 21 aromatic rings. The summed E-state index contributed by atoms with van der Waals surface area (Å²) in [7, 11) is 0. The lowest BCUT2D eigenvalue weighted by molar-refractivity contribution is 1.18. The van der Waals surface area contributed by atoms with Gasteiger partial charge >= 0.3 is 0 Å². The van der Waals surface area contributed by atoms with Crippen LogP contribution >= 0.6 is 0 Å². The molecule has 0 unspecified atom stereocenters. The molecule has 0 N–H and O–H groups in total. The van der Waals surface area contributed by atoms with E-state index < -0.39 is 0 Å². The standard InChI is InChI=1S/C94H54N6/c1-3-17-63(18-4-1)97-85-39-33-58(59-31-36-72-70-23-11-13-28-82(70)99(88(72)52-59)66-46-61-42-44-95-92-74-25-10-9-22-69(74)80(53-66)89(61)92)50-78(85)79-51-60(35-41-86(79)97)67-26-15-27-73-81-54-65(47-62-43-45-96-93(90(62)81)91(67)73)98-83-29-14-12-24-71(83)76-48-56(32-38-84(76)98)57-34-40-87-77(49-57)75-37-30-55-16-7-8-21-68(55)94(75)100(87)64-19-5-2-6-20-64/h1-54H. The fourth-order valence-corrected chi connectivity index (χ4v) is 17.8. The van der Waals surface area contributed by atoms with E-state index in [1.54, 1.807) is 0 Å². The molecule has 460 valence electrons. The highest BCUT2D eigenvalue weighted by atomic mass is 15.0. The van der Waals surface area contributed by atoms with Gasteiger partial charge in [-0.1, -0.05) is 188 Å². The van der Waals surface area contributed by atoms with Crippen molar-refractivity contribution in [1.82, 2.24) is 28.2 Å². The molecule has 0 amide bonds. The highest BCUT2D eigenvalue weighted by molar-refractivity contribution is 6.22. The van der Waals surface area contributed by atoms with Crippen molar-refractivity contribution in [2.45, 2.75) is 0 Å². The molecular weight excluding hydrogens is 1210 g/mol. The molecule has 0 radical (unpaired) electrons. The molecule has 6 aromatic heterocycles. The van der Waals surface area contributed by atoms with Crippen LogP contribution in [0.5, 0.6) is 0 Å². The zero-order chi connectivity index (χ0) is 65.0. The molecule has 6 heterocycles. The first-order valence-corrected chi connectivity index (χ1v) is 34.4. The first-order valence-electron chi connectivity index (χ1n) is 34.4. The number of fused-ring (bicyclic) bond motifs is 20. The lowest BCUT2D eigenvalue weighted by Gasteiger charge is -2.12. The van der Waals surface area contributed by atoms with Crippen molar-refractivity contribution in [3.8, 4) is 101 Å². The molecule has 15 aromatic carbocycles. The zero-order valence-electron chi connectivity index (χ0n) is 53.9. The van der Waals surface area contributed by atoms with Gasteiger partial charge in [-0.15, -0.1) is 0 Å². The number of benzene rings is 15. The lowest BCUT2D eigenvalue weighted by atomic mass is 9.94. The number of hydrogen-bond acceptors (Lipinski definition) is 2. The molecule has 2 aliphatic rings. The minimum absolute atomic E-state index is 1.02. The molecule has 100 heavy (non-hydrogen) atoms. The minimum atomic E-state index is 1.02. The number of hydrogen-bond donors (Lipinski definition) is 0. The number of para-hydroxylation sites is 4. The minimum Gasteiger partial charge on any atom is -0.309 e. The first-order chi connectivity index (χ1) is 49.6. The van der Waals surface area contributed by atoms with Crippen LogP contribution in [0.1, 0.15) is 0 Å². The summed E-state index contributed by atoms with van der Waals surface area (Å²) in [5.74, 6) is 0. The molecule has 0 saturated carbocycles. The van der Waals surface area contributed by atoms with Crippen LogP contribution in [-0.2, 0) is 0 Å². The Kier molecular flexibility index (Phi) is 10.8. The van der Waals surface area contributed by atoms with Crippen LogP contribution in [0, 0.1) is 0 Å². The van der Waals surface area contributed by atoms with Crippen LogP contribution in [0.25, 0.3) is 220 Å². The maximum Gasteiger partial charge on any atom is 0.0799 e. The van der Waals surface area contributed by atoms with Crippen LogP contribution < -0.4 is 0 Å². The van der Waals surface area contributed by atoms with Gasteiger partial charge in [-0.05, 0) is 199 Å². The van der Waals surface area contributed by atoms with Gasteiger partial charge in [0.1, 0.15) is 0 Å². The summed E-state index contributed by atoms with van der Waals surface area (Å²) in [5, 5.41) is 17.0. The van der Waals surface area contributed by atoms with Crippen LogP contribution in [0.4, 0.5) is 0 Å². The van der Waals surface area contributed by atoms with E-state index in [1.807, 2.05) is 12.4 Å². The van der Waals surface area contributed by atoms with Gasteiger partial charge in [0.25, 0.3) is 0 Å². The third-order valence-electron chi connectivity index (χ3n) is 22.0. The number of aromatic nitrogens is 6. The zero-order valence-corrected chi connectivity index (χ0v) is 53.9. The maximum absolute atomic E-state index is 5.28. The third-order valence-corrected chi connectivity index (χ3v) is 22.0. The average molecular weight is 1270 g/mol. The third kappa shape index (κ3) is 7.40. The molecule has 0 fully saturated rings. The van der Waals surface area contributed by atoms with Crippen LogP contribution in [-0.4, -0.2) is 28.2 Å². The van der Waals surface area contributed by atoms with Gasteiger partial charge in [0, 0.05) is 106 Å². The molecule has 2 aliphatic carbocycles. The second-order valence-corrected chi connectivity index (χ2v) is 27.2. The first kappa shape index (κ1) is 53.8. The summed E-state index contributed by atoms with van der Waals surface area (Å²) in [4.78, 5) is 10.2. The van der Waals surface area contributed by atoms with Crippen LogP contribution in [0.2, 0.25) is 0 Å². The Morgan fingerprint density at radius 1 is 0.200 bits per heavy atom. The highest BCUT2D eigenvalue weighted by Crippen LogP contribution is 2.53. The SMILES string of the molecule is c1ccc(-n2c3ccc(-c4ccc5c6ccccc6n(-c6cc7c8c(nccc8c6)-c6ccccc6-7)c5c4)cc3c3cc(-c4cccc5c4-c4nccc6cc(-n7c8ccccc8c8cc(-c9ccc%10c(c9)c9ccc%11ccccc%11c9n%10-c9ccccc9)ccc87)cc-5c46)ccc32)cc1. The lowest BCUT2D eigenvalue weighted by Crippen LogP contribution is -1.95. The summed E-state index contributed by atoms with van der Waals surface area (Å²) < 4.78 is 9.82. The van der Waals surface area contributed by atoms with Gasteiger partial charge in [0.2, 0.25) is 0 Å². The topological polar surface area (TPSA) is 45.5 Å². The van der Waals surface area contributed by atoms with E-state index >= 15 is 0 Å². The van der Waals surface area contributed by atoms with Crippen molar-refractivity contribution in [3.63, 3.8) is 0 Å². The number of pyridine rings is 2. The molecular formula is C94H54N6. The van der Waals surface area contributed by atoms with E-state index in [9.17, 15) is 0 Å². The number of rotatable bonds is 7. The van der Waals surface area contributed by atoms with Crippen LogP contribution in [0.3, 0.4) is 0 Å². The Bertz CT molecular complexity index is 7200. The van der Waals surface area contributed by atoms with Gasteiger partial charge in [-0.2, -0.15) is 0 Å². The van der Waals surface area contributed by atoms with Crippen molar-refractivity contribution in [2.24, 2.45) is 0 Å². The van der Waals surface area contributed by atoms with Crippen molar-refractivity contribution in [1.29, 1.82) is 0 Å². The fourth-order valence-electron chi connectivity index (χ4n) is 17.8. The quantitative estimate of drug-likeness (QED) is 0.160. The summed E-state index contributed by atoms with van der Waals surface area (Å²) in [5.41, 5.74) is 30.3. The van der Waals surface area contributed by atoms with Gasteiger partial charge in [-0.25, -0.2) is 0 Å². The van der Waals surface area contributed by atoms with E-state index in [2.05, 4.69) is 334 Å². The molecule has 0 saturated heterocycles. The van der Waals surface area contributed by atoms with E-state index in [4.69, 9.17) is 9.97 Å². The molecule has 0 atom stereocenters. The van der Waals surface area contributed by atoms with Gasteiger partial charge < -0.3 is 18.3 Å². The molecule has 0 spiro atoms. The summed E-state index contributed by atoms with van der Waals surface area (Å²) in [6.07, 6.45) is 3.96. The van der Waals surface area contributed by atoms with Crippen molar-refractivity contribution < 1.29 is 0 Å². The molecule has 6 nitrogen and oxygen atoms in total. The van der Waals surface area contributed by atoms with E-state index in [-0.39, 0.29) is 0 Å². The normalized spacial score (nSPS) is 12.4. The predicted octanol–water partition coefficient (Wildman–Crippen LogP) is 24.6. The van der Waals surface area contributed by atoms with Crippen molar-refractivity contribution in [2.75, 3.05) is 0 Å². The Morgan fingerprint density at radius 3 is 1.31 bits per heavy atom. The van der Waals surface area contributed by atoms with Crippen molar-refractivity contribution in [3.05, 3.63) is 328 Å². The van der Waals surface area contributed by atoms with E-state index in [0.717, 1.165) is 67.4 Å². The second kappa shape index (κ2) is 20.1. The Morgan fingerprint density at radius 2 is 0.630 bits per heavy atom. The largest absolute Gasteiger partial charge is 0.309 e. The van der Waals surface area contributed by atoms with E-state index in [1.165, 1.54) is 153 Å². The van der Waals surface area contributed by atoms with Crippen LogP contribution in [0.15, 0.2) is 328 Å². The number of nitrogens with zero attached hydrogens (tertiary/aromatic N) is 6. The Labute approximate surface area is 573 Å². The Balaban J connectivity index is 0.653. The fraction of sp³-hybridized carbons (Fsp3) is 0. The maximum atomic E-state index is 5.28. The van der Waals surface area contributed by atoms with Crippen molar-refractivity contribution >= 4 is 120 Å². The summed E-state index contributed by atoms with van der Waals surface area (Å²) in [6.45, 7) is 0. The highest BCUT2D eigenvalue weighted by Gasteiger charge is 2.30.